The molecule has 156 valence electrons. The number of carbonyl (C=O) groups is 1. The van der Waals surface area contributed by atoms with Crippen LogP contribution in [0.3, 0.4) is 0 Å². The molecule has 1 aromatic heterocycles. The second-order valence-corrected chi connectivity index (χ2v) is 7.79. The van der Waals surface area contributed by atoms with Crippen LogP contribution in [0, 0.1) is 0 Å². The van der Waals surface area contributed by atoms with Gasteiger partial charge in [0.15, 0.2) is 5.13 Å². The van der Waals surface area contributed by atoms with Gasteiger partial charge in [-0.2, -0.15) is 0 Å². The van der Waals surface area contributed by atoms with E-state index >= 15 is 0 Å². The number of aromatic nitrogens is 1. The Bertz CT molecular complexity index is 1120. The lowest BCUT2D eigenvalue weighted by molar-refractivity contribution is 0.262. The Morgan fingerprint density at radius 2 is 1.61 bits per heavy atom. The molecular weight excluding hydrogens is 406 g/mol. The van der Waals surface area contributed by atoms with Crippen molar-refractivity contribution in [2.75, 3.05) is 17.2 Å². The van der Waals surface area contributed by atoms with Gasteiger partial charge in [-0.15, -0.1) is 11.3 Å². The fourth-order valence-corrected chi connectivity index (χ4v) is 3.86. The molecule has 3 aromatic carbocycles. The molecule has 6 heteroatoms. The van der Waals surface area contributed by atoms with Gasteiger partial charge in [-0.25, -0.2) is 9.78 Å². The molecule has 2 N–H and O–H groups in total. The summed E-state index contributed by atoms with van der Waals surface area (Å²) in [6.45, 7) is 2.54. The largest absolute Gasteiger partial charge is 0.494 e. The first kappa shape index (κ1) is 20.6. The normalized spacial score (nSPS) is 10.5. The van der Waals surface area contributed by atoms with Gasteiger partial charge in [0.2, 0.25) is 0 Å². The molecule has 5 nitrogen and oxygen atoms in total. The number of nitrogens with one attached hydrogen (secondary N) is 2. The zero-order chi connectivity index (χ0) is 21.5. The number of ether oxygens (including phenoxy) is 1. The molecule has 0 aliphatic heterocycles. The minimum absolute atomic E-state index is 0.330. The number of hydrogen-bond donors (Lipinski definition) is 2. The minimum atomic E-state index is -0.330. The van der Waals surface area contributed by atoms with E-state index < -0.39 is 0 Å². The smallest absolute Gasteiger partial charge is 0.325 e. The van der Waals surface area contributed by atoms with Crippen molar-refractivity contribution in [1.82, 2.24) is 4.98 Å². The second kappa shape index (κ2) is 9.91. The van der Waals surface area contributed by atoms with Crippen molar-refractivity contribution < 1.29 is 9.53 Å². The first-order valence-electron chi connectivity index (χ1n) is 10.1. The molecule has 0 aliphatic rings. The average Bonchev–Trinajstić information content (AvgIpc) is 3.25. The molecule has 0 bridgehead atoms. The maximum Gasteiger partial charge on any atom is 0.325 e. The van der Waals surface area contributed by atoms with Crippen LogP contribution in [0.25, 0.3) is 11.3 Å². The Morgan fingerprint density at radius 3 is 2.32 bits per heavy atom. The topological polar surface area (TPSA) is 63.2 Å². The van der Waals surface area contributed by atoms with Gasteiger partial charge in [0.25, 0.3) is 0 Å². The fourth-order valence-electron chi connectivity index (χ4n) is 3.15. The van der Waals surface area contributed by atoms with E-state index in [2.05, 4.69) is 64.1 Å². The van der Waals surface area contributed by atoms with E-state index in [9.17, 15) is 4.79 Å². The molecule has 0 saturated carbocycles. The Balaban J connectivity index is 1.34. The van der Waals surface area contributed by atoms with Gasteiger partial charge in [0.05, 0.1) is 12.3 Å². The van der Waals surface area contributed by atoms with E-state index in [0.717, 1.165) is 23.4 Å². The quantitative estimate of drug-likeness (QED) is 0.355. The molecule has 0 aliphatic carbocycles. The molecule has 1 heterocycles. The highest BCUT2D eigenvalue weighted by atomic mass is 32.1. The van der Waals surface area contributed by atoms with Gasteiger partial charge in [0.1, 0.15) is 5.75 Å². The lowest BCUT2D eigenvalue weighted by Crippen LogP contribution is -2.19. The number of hydrogen-bond acceptors (Lipinski definition) is 4. The summed E-state index contributed by atoms with van der Waals surface area (Å²) in [5.74, 6) is 0.771. The van der Waals surface area contributed by atoms with Crippen molar-refractivity contribution in [2.45, 2.75) is 13.3 Å². The SMILES string of the molecule is CCOc1ccc(NC(=O)Nc2nc(-c3ccc(Cc4ccccc4)cc3)cs2)cc1. The van der Waals surface area contributed by atoms with E-state index in [0.29, 0.717) is 17.4 Å². The molecule has 2 amide bonds. The molecule has 0 atom stereocenters. The number of carbonyl (C=O) groups excluding carboxylic acids is 1. The third-order valence-electron chi connectivity index (χ3n) is 4.65. The predicted molar refractivity (Wildman–Crippen MR) is 127 cm³/mol. The lowest BCUT2D eigenvalue weighted by Gasteiger charge is -2.07. The summed E-state index contributed by atoms with van der Waals surface area (Å²) in [7, 11) is 0. The third-order valence-corrected chi connectivity index (χ3v) is 5.41. The molecule has 0 saturated heterocycles. The Labute approximate surface area is 185 Å². The van der Waals surface area contributed by atoms with Crippen molar-refractivity contribution in [3.63, 3.8) is 0 Å². The molecular formula is C25H23N3O2S. The van der Waals surface area contributed by atoms with Crippen LogP contribution in [0.1, 0.15) is 18.1 Å². The maximum atomic E-state index is 12.3. The van der Waals surface area contributed by atoms with Gasteiger partial charge in [-0.1, -0.05) is 54.6 Å². The molecule has 4 aromatic rings. The van der Waals surface area contributed by atoms with Crippen LogP contribution in [0.15, 0.2) is 84.2 Å². The number of thiazole rings is 1. The van der Waals surface area contributed by atoms with E-state index in [1.807, 2.05) is 30.5 Å². The lowest BCUT2D eigenvalue weighted by atomic mass is 10.0. The molecule has 0 spiro atoms. The summed E-state index contributed by atoms with van der Waals surface area (Å²) >= 11 is 1.40. The third kappa shape index (κ3) is 5.71. The molecule has 0 unspecified atom stereocenters. The van der Waals surface area contributed by atoms with Gasteiger partial charge in [-0.3, -0.25) is 5.32 Å². The van der Waals surface area contributed by atoms with Gasteiger partial charge >= 0.3 is 6.03 Å². The van der Waals surface area contributed by atoms with E-state index in [1.54, 1.807) is 12.1 Å². The zero-order valence-corrected chi connectivity index (χ0v) is 18.0. The van der Waals surface area contributed by atoms with E-state index in [4.69, 9.17) is 4.74 Å². The summed E-state index contributed by atoms with van der Waals surface area (Å²) < 4.78 is 5.41. The van der Waals surface area contributed by atoms with Crippen LogP contribution in [0.2, 0.25) is 0 Å². The van der Waals surface area contributed by atoms with Crippen LogP contribution >= 0.6 is 11.3 Å². The van der Waals surface area contributed by atoms with Gasteiger partial charge in [-0.05, 0) is 48.7 Å². The minimum Gasteiger partial charge on any atom is -0.494 e. The highest BCUT2D eigenvalue weighted by molar-refractivity contribution is 7.14. The van der Waals surface area contributed by atoms with Crippen molar-refractivity contribution in [3.8, 4) is 17.0 Å². The van der Waals surface area contributed by atoms with Crippen LogP contribution in [0.5, 0.6) is 5.75 Å². The zero-order valence-electron chi connectivity index (χ0n) is 17.2. The van der Waals surface area contributed by atoms with Crippen LogP contribution in [-0.2, 0) is 6.42 Å². The summed E-state index contributed by atoms with van der Waals surface area (Å²) in [4.78, 5) is 16.8. The van der Waals surface area contributed by atoms with Gasteiger partial charge in [0, 0.05) is 16.6 Å². The summed E-state index contributed by atoms with van der Waals surface area (Å²) in [6.07, 6.45) is 0.900. The van der Waals surface area contributed by atoms with Gasteiger partial charge < -0.3 is 10.1 Å². The number of anilines is 2. The second-order valence-electron chi connectivity index (χ2n) is 6.93. The van der Waals surface area contributed by atoms with Crippen molar-refractivity contribution >= 4 is 28.2 Å². The Kier molecular flexibility index (Phi) is 6.59. The first-order chi connectivity index (χ1) is 15.2. The first-order valence-corrected chi connectivity index (χ1v) is 11.0. The van der Waals surface area contributed by atoms with Crippen molar-refractivity contribution in [2.24, 2.45) is 0 Å². The fraction of sp³-hybridized carbons (Fsp3) is 0.120. The number of rotatable bonds is 7. The molecule has 0 fully saturated rings. The molecule has 4 rings (SSSR count). The molecule has 0 radical (unpaired) electrons. The van der Waals surface area contributed by atoms with Crippen molar-refractivity contribution in [1.29, 1.82) is 0 Å². The highest BCUT2D eigenvalue weighted by Crippen LogP contribution is 2.26. The number of benzene rings is 3. The Morgan fingerprint density at radius 1 is 0.903 bits per heavy atom. The molecule has 31 heavy (non-hydrogen) atoms. The monoisotopic (exact) mass is 429 g/mol. The maximum absolute atomic E-state index is 12.3. The summed E-state index contributed by atoms with van der Waals surface area (Å²) in [5.41, 5.74) is 5.08. The van der Waals surface area contributed by atoms with E-state index in [-0.39, 0.29) is 6.03 Å². The van der Waals surface area contributed by atoms with Crippen molar-refractivity contribution in [3.05, 3.63) is 95.4 Å². The highest BCUT2D eigenvalue weighted by Gasteiger charge is 2.09. The number of nitrogens with zero attached hydrogens (tertiary/aromatic N) is 1. The van der Waals surface area contributed by atoms with E-state index in [1.165, 1.54) is 22.5 Å². The average molecular weight is 430 g/mol. The summed E-state index contributed by atoms with van der Waals surface area (Å²) in [5, 5.41) is 8.08. The summed E-state index contributed by atoms with van der Waals surface area (Å²) in [6, 6.07) is 25.7. The predicted octanol–water partition coefficient (Wildman–Crippen LogP) is 6.44. The standard InChI is InChI=1S/C25H23N3O2S/c1-2-30-22-14-12-21(13-15-22)26-24(29)28-25-27-23(17-31-25)20-10-8-19(9-11-20)16-18-6-4-3-5-7-18/h3-15,17H,2,16H2,1H3,(H2,26,27,28,29). The Hall–Kier alpha value is -3.64. The number of urea groups is 1. The van der Waals surface area contributed by atoms with Crippen LogP contribution in [-0.4, -0.2) is 17.6 Å². The van der Waals surface area contributed by atoms with Crippen LogP contribution < -0.4 is 15.4 Å². The number of amides is 2. The van der Waals surface area contributed by atoms with Crippen LogP contribution in [0.4, 0.5) is 15.6 Å².